The number of rotatable bonds is 5. The van der Waals surface area contributed by atoms with E-state index >= 15 is 0 Å². The van der Waals surface area contributed by atoms with Crippen molar-refractivity contribution >= 4 is 27.9 Å². The van der Waals surface area contributed by atoms with Crippen LogP contribution < -0.4 is 15.4 Å². The van der Waals surface area contributed by atoms with Crippen molar-refractivity contribution < 1.29 is 13.9 Å². The first-order valence-electron chi connectivity index (χ1n) is 6.25. The summed E-state index contributed by atoms with van der Waals surface area (Å²) in [5.41, 5.74) is 0.852. The second kappa shape index (κ2) is 5.50. The van der Waals surface area contributed by atoms with E-state index < -0.39 is 5.82 Å². The Kier molecular flexibility index (Phi) is 3.56. The highest BCUT2D eigenvalue weighted by atomic mass is 32.1. The molecule has 0 fully saturated rings. The van der Waals surface area contributed by atoms with E-state index in [9.17, 15) is 9.18 Å². The predicted molar refractivity (Wildman–Crippen MR) is 77.0 cm³/mol. The molecule has 0 saturated heterocycles. The molecule has 1 aliphatic heterocycles. The lowest BCUT2D eigenvalue weighted by Crippen LogP contribution is -2.11. The van der Waals surface area contributed by atoms with Crippen LogP contribution >= 0.6 is 11.3 Å². The number of halogens is 1. The molecule has 4 nitrogen and oxygen atoms in total. The highest BCUT2D eigenvalue weighted by molar-refractivity contribution is 7.14. The molecule has 2 heterocycles. The summed E-state index contributed by atoms with van der Waals surface area (Å²) in [6.07, 6.45) is 0.167. The number of fused-ring (bicyclic) bond motifs is 1. The molecular formula is C14H13FN2O2S. The van der Waals surface area contributed by atoms with E-state index in [2.05, 4.69) is 10.6 Å². The number of hydrogen-bond donors (Lipinski definition) is 2. The molecule has 1 aliphatic rings. The monoisotopic (exact) mass is 292 g/mol. The van der Waals surface area contributed by atoms with Gasteiger partial charge in [-0.25, -0.2) is 4.39 Å². The third-order valence-corrected chi connectivity index (χ3v) is 3.83. The minimum atomic E-state index is -0.421. The molecule has 2 aromatic rings. The zero-order valence-corrected chi connectivity index (χ0v) is 11.4. The largest absolute Gasteiger partial charge is 0.491 e. The smallest absolute Gasteiger partial charge is 0.229 e. The van der Waals surface area contributed by atoms with Gasteiger partial charge in [-0.3, -0.25) is 4.79 Å². The summed E-state index contributed by atoms with van der Waals surface area (Å²) in [4.78, 5) is 11.3. The normalized spacial score (nSPS) is 12.9. The number of benzene rings is 1. The molecule has 6 heteroatoms. The van der Waals surface area contributed by atoms with Crippen LogP contribution in [0.5, 0.6) is 5.75 Å². The number of amides is 1. The molecule has 1 aromatic heterocycles. The van der Waals surface area contributed by atoms with Crippen molar-refractivity contribution in [3.05, 3.63) is 41.0 Å². The summed E-state index contributed by atoms with van der Waals surface area (Å²) in [6.45, 7) is 1.10. The van der Waals surface area contributed by atoms with Crippen LogP contribution in [0.15, 0.2) is 29.6 Å². The van der Waals surface area contributed by atoms with Gasteiger partial charge in [0.1, 0.15) is 18.2 Å². The van der Waals surface area contributed by atoms with Gasteiger partial charge < -0.3 is 15.4 Å². The lowest BCUT2D eigenvalue weighted by atomic mass is 10.1. The molecule has 0 spiro atoms. The van der Waals surface area contributed by atoms with Crippen molar-refractivity contribution in [1.29, 1.82) is 0 Å². The second-order valence-corrected chi connectivity index (χ2v) is 5.32. The van der Waals surface area contributed by atoms with Gasteiger partial charge in [0.05, 0.1) is 17.1 Å². The van der Waals surface area contributed by atoms with E-state index in [0.29, 0.717) is 24.5 Å². The van der Waals surface area contributed by atoms with Crippen LogP contribution in [0, 0.1) is 5.82 Å². The summed E-state index contributed by atoms with van der Waals surface area (Å²) < 4.78 is 19.2. The molecule has 0 aliphatic carbocycles. The Bertz CT molecular complexity index is 628. The topological polar surface area (TPSA) is 50.4 Å². The van der Waals surface area contributed by atoms with E-state index in [1.165, 1.54) is 6.07 Å². The first-order valence-corrected chi connectivity index (χ1v) is 7.13. The van der Waals surface area contributed by atoms with Crippen LogP contribution in [0.1, 0.15) is 5.56 Å². The fourth-order valence-corrected chi connectivity index (χ4v) is 2.75. The Hall–Kier alpha value is -2.08. The number of anilines is 2. The third-order valence-electron chi connectivity index (χ3n) is 3.00. The van der Waals surface area contributed by atoms with Crippen molar-refractivity contribution in [1.82, 2.24) is 0 Å². The zero-order chi connectivity index (χ0) is 13.9. The van der Waals surface area contributed by atoms with E-state index in [-0.39, 0.29) is 18.0 Å². The maximum Gasteiger partial charge on any atom is 0.229 e. The molecule has 0 saturated carbocycles. The minimum Gasteiger partial charge on any atom is -0.491 e. The molecule has 0 radical (unpaired) electrons. The van der Waals surface area contributed by atoms with Crippen LogP contribution in [0.2, 0.25) is 0 Å². The van der Waals surface area contributed by atoms with Crippen molar-refractivity contribution in [3.8, 4) is 5.75 Å². The van der Waals surface area contributed by atoms with Gasteiger partial charge in [0, 0.05) is 12.1 Å². The highest BCUT2D eigenvalue weighted by Crippen LogP contribution is 2.34. The molecule has 2 N–H and O–H groups in total. The van der Waals surface area contributed by atoms with E-state index in [0.717, 1.165) is 5.00 Å². The lowest BCUT2D eigenvalue weighted by molar-refractivity contribution is -0.115. The van der Waals surface area contributed by atoms with Gasteiger partial charge in [0.15, 0.2) is 0 Å². The quantitative estimate of drug-likeness (QED) is 0.833. The summed E-state index contributed by atoms with van der Waals surface area (Å²) in [5, 5.41) is 8.80. The minimum absolute atomic E-state index is 0.167. The zero-order valence-electron chi connectivity index (χ0n) is 10.6. The molecule has 0 atom stereocenters. The molecule has 1 aromatic carbocycles. The first kappa shape index (κ1) is 12.9. The summed E-state index contributed by atoms with van der Waals surface area (Å²) in [5.74, 6) is -0.0608. The van der Waals surface area contributed by atoms with Crippen LogP contribution in [0.4, 0.5) is 15.1 Å². The van der Waals surface area contributed by atoms with E-state index in [4.69, 9.17) is 4.74 Å². The predicted octanol–water partition coefficient (Wildman–Crippen LogP) is 2.87. The Morgan fingerprint density at radius 3 is 3.10 bits per heavy atom. The summed E-state index contributed by atoms with van der Waals surface area (Å²) in [6, 6.07) is 6.84. The van der Waals surface area contributed by atoms with Crippen LogP contribution in [-0.2, 0) is 11.2 Å². The Balaban J connectivity index is 1.61. The molecule has 0 unspecified atom stereocenters. The third kappa shape index (κ3) is 2.60. The average molecular weight is 292 g/mol. The van der Waals surface area contributed by atoms with Crippen molar-refractivity contribution in [2.24, 2.45) is 0 Å². The van der Waals surface area contributed by atoms with Crippen LogP contribution in [0.3, 0.4) is 0 Å². The van der Waals surface area contributed by atoms with Gasteiger partial charge in [-0.15, -0.1) is 11.3 Å². The molecule has 104 valence electrons. The Labute approximate surface area is 119 Å². The molecular weight excluding hydrogens is 279 g/mol. The number of thiophene rings is 1. The number of hydrogen-bond acceptors (Lipinski definition) is 4. The van der Waals surface area contributed by atoms with E-state index in [1.807, 2.05) is 17.5 Å². The Morgan fingerprint density at radius 1 is 1.40 bits per heavy atom. The van der Waals surface area contributed by atoms with Gasteiger partial charge in [0.2, 0.25) is 5.91 Å². The molecule has 20 heavy (non-hydrogen) atoms. The Morgan fingerprint density at radius 2 is 2.30 bits per heavy atom. The SMILES string of the molecule is O=C1Cc2c(OCCNc3cccs3)ccc(F)c2N1. The number of carbonyl (C=O) groups excluding carboxylic acids is 1. The van der Waals surface area contributed by atoms with E-state index in [1.54, 1.807) is 17.4 Å². The highest BCUT2D eigenvalue weighted by Gasteiger charge is 2.24. The average Bonchev–Trinajstić information content (AvgIpc) is 3.06. The maximum absolute atomic E-state index is 13.5. The van der Waals surface area contributed by atoms with Crippen molar-refractivity contribution in [2.45, 2.75) is 6.42 Å². The number of carbonyl (C=O) groups is 1. The maximum atomic E-state index is 13.5. The second-order valence-electron chi connectivity index (χ2n) is 4.38. The van der Waals surface area contributed by atoms with Gasteiger partial charge in [-0.05, 0) is 29.6 Å². The van der Waals surface area contributed by atoms with Gasteiger partial charge in [0.25, 0.3) is 0 Å². The molecule has 0 bridgehead atoms. The van der Waals surface area contributed by atoms with Gasteiger partial charge in [-0.1, -0.05) is 0 Å². The van der Waals surface area contributed by atoms with Crippen molar-refractivity contribution in [2.75, 3.05) is 23.8 Å². The number of ether oxygens (including phenoxy) is 1. The van der Waals surface area contributed by atoms with Crippen molar-refractivity contribution in [3.63, 3.8) is 0 Å². The molecule has 1 amide bonds. The van der Waals surface area contributed by atoms with Gasteiger partial charge >= 0.3 is 0 Å². The summed E-state index contributed by atoms with van der Waals surface area (Å²) in [7, 11) is 0. The van der Waals surface area contributed by atoms with Gasteiger partial charge in [-0.2, -0.15) is 0 Å². The number of nitrogens with one attached hydrogen (secondary N) is 2. The molecule has 3 rings (SSSR count). The first-order chi connectivity index (χ1) is 9.74. The van der Waals surface area contributed by atoms with Crippen LogP contribution in [0.25, 0.3) is 0 Å². The van der Waals surface area contributed by atoms with Crippen LogP contribution in [-0.4, -0.2) is 19.1 Å². The fraction of sp³-hybridized carbons (Fsp3) is 0.214. The fourth-order valence-electron chi connectivity index (χ4n) is 2.10. The summed E-state index contributed by atoms with van der Waals surface area (Å²) >= 11 is 1.62. The standard InChI is InChI=1S/C14H13FN2O2S/c15-10-3-4-11(9-8-12(18)17-14(9)10)19-6-5-16-13-2-1-7-20-13/h1-4,7,16H,5-6,8H2,(H,17,18). The lowest BCUT2D eigenvalue weighted by Gasteiger charge is -2.11.